The highest BCUT2D eigenvalue weighted by atomic mass is 35.7. The Morgan fingerprint density at radius 3 is 1.92 bits per heavy atom. The summed E-state index contributed by atoms with van der Waals surface area (Å²) in [6, 6.07) is 0. The molecule has 0 aliphatic rings. The van der Waals surface area contributed by atoms with Gasteiger partial charge in [-0.05, 0) is 18.3 Å². The van der Waals surface area contributed by atoms with Crippen LogP contribution in [0.25, 0.3) is 0 Å². The molecule has 0 saturated heterocycles. The molecule has 0 heterocycles. The van der Waals surface area contributed by atoms with Crippen LogP contribution in [0.4, 0.5) is 0 Å². The summed E-state index contributed by atoms with van der Waals surface area (Å²) in [6.07, 6.45) is 1.05. The maximum absolute atomic E-state index is 6.26. The van der Waals surface area contributed by atoms with Crippen LogP contribution < -0.4 is 0 Å². The smallest absolute Gasteiger partial charge is 0.128 e. The van der Waals surface area contributed by atoms with Gasteiger partial charge in [-0.15, -0.1) is 0 Å². The van der Waals surface area contributed by atoms with E-state index < -0.39 is 7.50 Å². The summed E-state index contributed by atoms with van der Waals surface area (Å²) >= 11 is 6.26. The Morgan fingerprint density at radius 2 is 1.62 bits per heavy atom. The lowest BCUT2D eigenvalue weighted by molar-refractivity contribution is 0.337. The summed E-state index contributed by atoms with van der Waals surface area (Å²) in [5.41, 5.74) is 0.517. The molecule has 0 N–H and O–H groups in total. The fourth-order valence-electron chi connectivity index (χ4n) is 1.50. The van der Waals surface area contributed by atoms with Crippen LogP contribution in [0.1, 0.15) is 41.0 Å². The van der Waals surface area contributed by atoms with Crippen LogP contribution in [0.3, 0.4) is 0 Å². The fourth-order valence-corrected chi connectivity index (χ4v) is 4.53. The lowest BCUT2D eigenvalue weighted by Crippen LogP contribution is -2.19. The van der Waals surface area contributed by atoms with Crippen molar-refractivity contribution >= 4 is 18.7 Å². The Balaban J connectivity index is 4.04. The zero-order chi connectivity index (χ0) is 10.4. The lowest BCUT2D eigenvalue weighted by atomic mass is 10.0. The van der Waals surface area contributed by atoms with E-state index in [1.165, 1.54) is 0 Å². The van der Waals surface area contributed by atoms with Crippen LogP contribution in [0.15, 0.2) is 0 Å². The van der Waals surface area contributed by atoms with Gasteiger partial charge in [0.2, 0.25) is 0 Å². The van der Waals surface area contributed by atoms with Crippen molar-refractivity contribution in [1.29, 1.82) is 0 Å². The molecular formula is C10H22ClOP. The fraction of sp³-hybridized carbons (Fsp3) is 1.00. The molecule has 3 heteroatoms. The van der Waals surface area contributed by atoms with Crippen molar-refractivity contribution in [2.45, 2.75) is 46.7 Å². The van der Waals surface area contributed by atoms with Crippen molar-refractivity contribution in [3.63, 3.8) is 0 Å². The quantitative estimate of drug-likeness (QED) is 0.597. The predicted molar refractivity (Wildman–Crippen MR) is 62.5 cm³/mol. The second-order valence-electron chi connectivity index (χ2n) is 4.08. The average molecular weight is 225 g/mol. The molecule has 0 spiro atoms. The summed E-state index contributed by atoms with van der Waals surface area (Å²) in [7, 11) is -0.757. The van der Waals surface area contributed by atoms with Crippen molar-refractivity contribution in [2.24, 2.45) is 11.8 Å². The monoisotopic (exact) mass is 224 g/mol. The molecule has 1 unspecified atom stereocenters. The molecule has 0 fully saturated rings. The number of halogens is 1. The van der Waals surface area contributed by atoms with E-state index in [0.717, 1.165) is 13.0 Å². The van der Waals surface area contributed by atoms with Gasteiger partial charge in [0.15, 0.2) is 0 Å². The number of hydrogen-bond donors (Lipinski definition) is 0. The van der Waals surface area contributed by atoms with Crippen LogP contribution in [0.2, 0.25) is 0 Å². The lowest BCUT2D eigenvalue weighted by Gasteiger charge is -2.28. The molecule has 0 amide bonds. The molecule has 80 valence electrons. The molecule has 1 atom stereocenters. The van der Waals surface area contributed by atoms with Gasteiger partial charge in [-0.1, -0.05) is 45.9 Å². The third kappa shape index (κ3) is 5.20. The highest BCUT2D eigenvalue weighted by Gasteiger charge is 2.26. The first-order chi connectivity index (χ1) is 6.00. The minimum absolute atomic E-state index is 0.517. The van der Waals surface area contributed by atoms with Crippen molar-refractivity contribution in [2.75, 3.05) is 6.61 Å². The van der Waals surface area contributed by atoms with E-state index in [0.29, 0.717) is 17.5 Å². The SMILES string of the molecule is CCCOP(Cl)C(C(C)C)C(C)C. The van der Waals surface area contributed by atoms with Gasteiger partial charge in [-0.25, -0.2) is 0 Å². The van der Waals surface area contributed by atoms with Gasteiger partial charge in [-0.2, -0.15) is 0 Å². The van der Waals surface area contributed by atoms with Gasteiger partial charge < -0.3 is 4.52 Å². The van der Waals surface area contributed by atoms with E-state index in [-0.39, 0.29) is 0 Å². The molecule has 0 rings (SSSR count). The van der Waals surface area contributed by atoms with Gasteiger partial charge in [-0.3, -0.25) is 0 Å². The van der Waals surface area contributed by atoms with Crippen LogP contribution in [-0.4, -0.2) is 12.3 Å². The van der Waals surface area contributed by atoms with Crippen molar-refractivity contribution in [1.82, 2.24) is 0 Å². The second kappa shape index (κ2) is 7.04. The Hall–Kier alpha value is 0.680. The van der Waals surface area contributed by atoms with Gasteiger partial charge in [0.05, 0.1) is 6.61 Å². The third-order valence-electron chi connectivity index (χ3n) is 2.02. The minimum atomic E-state index is -0.757. The van der Waals surface area contributed by atoms with E-state index in [4.69, 9.17) is 15.8 Å². The van der Waals surface area contributed by atoms with E-state index >= 15 is 0 Å². The van der Waals surface area contributed by atoms with Gasteiger partial charge in [0.25, 0.3) is 0 Å². The molecule has 0 aromatic rings. The zero-order valence-electron chi connectivity index (χ0n) is 9.38. The van der Waals surface area contributed by atoms with Crippen LogP contribution >= 0.6 is 18.7 Å². The molecule has 0 saturated carbocycles. The standard InChI is InChI=1S/C10H22ClOP/c1-6-7-12-13(11)10(8(2)3)9(4)5/h8-10H,6-7H2,1-5H3. The minimum Gasteiger partial charge on any atom is -0.343 e. The van der Waals surface area contributed by atoms with Crippen molar-refractivity contribution in [3.05, 3.63) is 0 Å². The van der Waals surface area contributed by atoms with Crippen molar-refractivity contribution in [3.8, 4) is 0 Å². The second-order valence-corrected chi connectivity index (χ2v) is 6.48. The van der Waals surface area contributed by atoms with E-state index in [9.17, 15) is 0 Å². The molecule has 0 bridgehead atoms. The van der Waals surface area contributed by atoms with Gasteiger partial charge >= 0.3 is 0 Å². The normalized spacial score (nSPS) is 14.5. The van der Waals surface area contributed by atoms with Crippen LogP contribution in [0.5, 0.6) is 0 Å². The average Bonchev–Trinajstić information content (AvgIpc) is 1.99. The summed E-state index contributed by atoms with van der Waals surface area (Å²) in [4.78, 5) is 0. The summed E-state index contributed by atoms with van der Waals surface area (Å²) in [5.74, 6) is 1.22. The van der Waals surface area contributed by atoms with E-state index in [1.807, 2.05) is 0 Å². The summed E-state index contributed by atoms with van der Waals surface area (Å²) in [5, 5.41) is 0. The molecular weight excluding hydrogens is 203 g/mol. The zero-order valence-corrected chi connectivity index (χ0v) is 11.0. The molecule has 0 aliphatic carbocycles. The Bertz CT molecular complexity index is 120. The Kier molecular flexibility index (Phi) is 7.40. The Morgan fingerprint density at radius 1 is 1.15 bits per heavy atom. The van der Waals surface area contributed by atoms with Gasteiger partial charge in [0, 0.05) is 5.66 Å². The maximum atomic E-state index is 6.26. The summed E-state index contributed by atoms with van der Waals surface area (Å²) < 4.78 is 5.61. The predicted octanol–water partition coefficient (Wildman–Crippen LogP) is 4.64. The van der Waals surface area contributed by atoms with Crippen molar-refractivity contribution < 1.29 is 4.52 Å². The van der Waals surface area contributed by atoms with E-state index in [2.05, 4.69) is 34.6 Å². The first-order valence-corrected chi connectivity index (χ1v) is 7.32. The highest BCUT2D eigenvalue weighted by molar-refractivity contribution is 7.80. The molecule has 0 radical (unpaired) electrons. The Labute approximate surface area is 88.8 Å². The molecule has 13 heavy (non-hydrogen) atoms. The topological polar surface area (TPSA) is 9.23 Å². The van der Waals surface area contributed by atoms with Crippen LogP contribution in [-0.2, 0) is 4.52 Å². The molecule has 1 nitrogen and oxygen atoms in total. The first-order valence-electron chi connectivity index (χ1n) is 5.08. The first kappa shape index (κ1) is 13.7. The number of hydrogen-bond acceptors (Lipinski definition) is 1. The van der Waals surface area contributed by atoms with E-state index in [1.54, 1.807) is 0 Å². The molecule has 0 aromatic carbocycles. The number of rotatable bonds is 6. The van der Waals surface area contributed by atoms with Crippen LogP contribution in [0, 0.1) is 11.8 Å². The van der Waals surface area contributed by atoms with Gasteiger partial charge in [0.1, 0.15) is 7.50 Å². The summed E-state index contributed by atoms with van der Waals surface area (Å²) in [6.45, 7) is 11.8. The maximum Gasteiger partial charge on any atom is 0.128 e. The third-order valence-corrected chi connectivity index (χ3v) is 5.08. The molecule has 0 aromatic heterocycles. The largest absolute Gasteiger partial charge is 0.343 e. The highest BCUT2D eigenvalue weighted by Crippen LogP contribution is 2.53. The molecule has 0 aliphatic heterocycles.